The first kappa shape index (κ1) is 12.3. The van der Waals surface area contributed by atoms with E-state index in [0.29, 0.717) is 6.04 Å². The molecule has 0 radical (unpaired) electrons. The van der Waals surface area contributed by atoms with Crippen LogP contribution in [0.5, 0.6) is 0 Å². The summed E-state index contributed by atoms with van der Waals surface area (Å²) < 4.78 is 7.24. The van der Waals surface area contributed by atoms with Crippen molar-refractivity contribution in [1.29, 1.82) is 0 Å². The summed E-state index contributed by atoms with van der Waals surface area (Å²) in [4.78, 5) is 0. The summed E-state index contributed by atoms with van der Waals surface area (Å²) in [6.07, 6.45) is 5.54. The monoisotopic (exact) mass is 210 g/mol. The van der Waals surface area contributed by atoms with Crippen LogP contribution in [0.3, 0.4) is 0 Å². The second kappa shape index (κ2) is 6.64. The molecule has 0 aliphatic heterocycles. The predicted octanol–water partition coefficient (Wildman–Crippen LogP) is 2.20. The number of aryl methyl sites for hydroxylation is 1. The second-order valence-electron chi connectivity index (χ2n) is 3.85. The Balaban J connectivity index is 2.39. The first-order valence-corrected chi connectivity index (χ1v) is 5.66. The first-order chi connectivity index (χ1) is 7.27. The predicted molar refractivity (Wildman–Crippen MR) is 63.0 cm³/mol. The summed E-state index contributed by atoms with van der Waals surface area (Å²) in [7, 11) is 1.73. The van der Waals surface area contributed by atoms with Crippen LogP contribution in [0.15, 0.2) is 18.5 Å². The maximum atomic E-state index is 5.00. The van der Waals surface area contributed by atoms with Crippen LogP contribution >= 0.6 is 0 Å². The third kappa shape index (κ3) is 4.06. The van der Waals surface area contributed by atoms with E-state index < -0.39 is 0 Å². The van der Waals surface area contributed by atoms with Gasteiger partial charge in [-0.3, -0.25) is 0 Å². The number of nitrogens with zero attached hydrogens (tertiary/aromatic N) is 1. The lowest BCUT2D eigenvalue weighted by atomic mass is 10.2. The van der Waals surface area contributed by atoms with Gasteiger partial charge in [0.05, 0.1) is 6.61 Å². The highest BCUT2D eigenvalue weighted by Crippen LogP contribution is 2.12. The fraction of sp³-hybridized carbons (Fsp3) is 0.667. The second-order valence-corrected chi connectivity index (χ2v) is 3.85. The van der Waals surface area contributed by atoms with Crippen molar-refractivity contribution in [3.05, 3.63) is 24.0 Å². The number of rotatable bonds is 7. The molecule has 0 aliphatic carbocycles. The van der Waals surface area contributed by atoms with Gasteiger partial charge in [-0.05, 0) is 25.0 Å². The van der Waals surface area contributed by atoms with Gasteiger partial charge in [0.1, 0.15) is 0 Å². The average molecular weight is 210 g/mol. The van der Waals surface area contributed by atoms with Gasteiger partial charge in [0.25, 0.3) is 0 Å². The molecule has 1 N–H and O–H groups in total. The van der Waals surface area contributed by atoms with Crippen molar-refractivity contribution in [2.75, 3.05) is 20.3 Å². The molecule has 1 heterocycles. The van der Waals surface area contributed by atoms with Crippen molar-refractivity contribution in [2.45, 2.75) is 32.9 Å². The smallest absolute Gasteiger partial charge is 0.0587 e. The van der Waals surface area contributed by atoms with Gasteiger partial charge < -0.3 is 14.6 Å². The maximum Gasteiger partial charge on any atom is 0.0587 e. The Morgan fingerprint density at radius 1 is 1.53 bits per heavy atom. The van der Waals surface area contributed by atoms with Gasteiger partial charge in [-0.2, -0.15) is 0 Å². The Hall–Kier alpha value is -0.800. The summed E-state index contributed by atoms with van der Waals surface area (Å²) in [5.74, 6) is 0. The fourth-order valence-electron chi connectivity index (χ4n) is 1.61. The van der Waals surface area contributed by atoms with Crippen LogP contribution in [0, 0.1) is 0 Å². The molecule has 0 bridgehead atoms. The standard InChI is InChI=1S/C12H22N2O/c1-4-7-14-8-5-12(10-14)11(2)13-6-9-15-3/h5,8,10-11,13H,4,6-7,9H2,1-3H3/t11-/m1/s1. The average Bonchev–Trinajstić information content (AvgIpc) is 2.67. The Kier molecular flexibility index (Phi) is 5.43. The Morgan fingerprint density at radius 3 is 3.00 bits per heavy atom. The lowest BCUT2D eigenvalue weighted by Crippen LogP contribution is -2.22. The molecule has 1 atom stereocenters. The molecule has 1 aromatic rings. The molecule has 1 rings (SSSR count). The van der Waals surface area contributed by atoms with Crippen molar-refractivity contribution in [3.63, 3.8) is 0 Å². The quantitative estimate of drug-likeness (QED) is 0.698. The van der Waals surface area contributed by atoms with Crippen LogP contribution < -0.4 is 5.32 Å². The number of nitrogens with one attached hydrogen (secondary N) is 1. The van der Waals surface area contributed by atoms with Crippen molar-refractivity contribution >= 4 is 0 Å². The van der Waals surface area contributed by atoms with Crippen LogP contribution in [0.1, 0.15) is 31.9 Å². The molecule has 0 spiro atoms. The first-order valence-electron chi connectivity index (χ1n) is 5.66. The van der Waals surface area contributed by atoms with E-state index in [0.717, 1.165) is 19.7 Å². The largest absolute Gasteiger partial charge is 0.383 e. The number of aromatic nitrogens is 1. The van der Waals surface area contributed by atoms with Crippen molar-refractivity contribution < 1.29 is 4.74 Å². The molecule has 0 unspecified atom stereocenters. The van der Waals surface area contributed by atoms with Crippen LogP contribution in [0.4, 0.5) is 0 Å². The zero-order chi connectivity index (χ0) is 11.1. The molecule has 0 saturated heterocycles. The minimum absolute atomic E-state index is 0.401. The normalized spacial score (nSPS) is 13.0. The number of hydrogen-bond acceptors (Lipinski definition) is 2. The highest BCUT2D eigenvalue weighted by atomic mass is 16.5. The minimum Gasteiger partial charge on any atom is -0.383 e. The van der Waals surface area contributed by atoms with E-state index in [2.05, 4.69) is 42.2 Å². The van der Waals surface area contributed by atoms with Crippen LogP contribution in [-0.4, -0.2) is 24.8 Å². The van der Waals surface area contributed by atoms with Crippen LogP contribution in [-0.2, 0) is 11.3 Å². The zero-order valence-corrected chi connectivity index (χ0v) is 9.99. The minimum atomic E-state index is 0.401. The SMILES string of the molecule is CCCn1ccc([C@@H](C)NCCOC)c1. The highest BCUT2D eigenvalue weighted by molar-refractivity contribution is 5.14. The molecular weight excluding hydrogens is 188 g/mol. The van der Waals surface area contributed by atoms with E-state index in [9.17, 15) is 0 Å². The van der Waals surface area contributed by atoms with Crippen LogP contribution in [0.25, 0.3) is 0 Å². The van der Waals surface area contributed by atoms with Gasteiger partial charge in [0, 0.05) is 38.6 Å². The van der Waals surface area contributed by atoms with Gasteiger partial charge in [0.2, 0.25) is 0 Å². The molecule has 3 heteroatoms. The molecule has 15 heavy (non-hydrogen) atoms. The Labute approximate surface area is 92.4 Å². The zero-order valence-electron chi connectivity index (χ0n) is 9.99. The summed E-state index contributed by atoms with van der Waals surface area (Å²) in [5.41, 5.74) is 1.35. The van der Waals surface area contributed by atoms with Crippen molar-refractivity contribution in [3.8, 4) is 0 Å². The molecule has 0 saturated carbocycles. The number of methoxy groups -OCH3 is 1. The fourth-order valence-corrected chi connectivity index (χ4v) is 1.61. The van der Waals surface area contributed by atoms with Crippen LogP contribution in [0.2, 0.25) is 0 Å². The van der Waals surface area contributed by atoms with E-state index in [1.807, 2.05) is 0 Å². The van der Waals surface area contributed by atoms with Gasteiger partial charge in [0.15, 0.2) is 0 Å². The maximum absolute atomic E-state index is 5.00. The van der Waals surface area contributed by atoms with Gasteiger partial charge >= 0.3 is 0 Å². The van der Waals surface area contributed by atoms with E-state index in [1.165, 1.54) is 12.0 Å². The summed E-state index contributed by atoms with van der Waals surface area (Å²) in [6, 6.07) is 2.58. The topological polar surface area (TPSA) is 26.2 Å². The van der Waals surface area contributed by atoms with Gasteiger partial charge in [-0.15, -0.1) is 0 Å². The van der Waals surface area contributed by atoms with E-state index in [1.54, 1.807) is 7.11 Å². The molecule has 0 amide bonds. The molecule has 0 aliphatic rings. The molecule has 86 valence electrons. The lowest BCUT2D eigenvalue weighted by Gasteiger charge is -2.11. The summed E-state index contributed by atoms with van der Waals surface area (Å²) >= 11 is 0. The Bertz CT molecular complexity index is 270. The molecule has 0 fully saturated rings. The summed E-state index contributed by atoms with van der Waals surface area (Å²) in [5, 5.41) is 3.42. The van der Waals surface area contributed by atoms with Gasteiger partial charge in [-0.1, -0.05) is 6.92 Å². The number of hydrogen-bond donors (Lipinski definition) is 1. The third-order valence-corrected chi connectivity index (χ3v) is 2.51. The molecule has 1 aromatic heterocycles. The third-order valence-electron chi connectivity index (χ3n) is 2.51. The van der Waals surface area contributed by atoms with E-state index >= 15 is 0 Å². The van der Waals surface area contributed by atoms with Gasteiger partial charge in [-0.25, -0.2) is 0 Å². The Morgan fingerprint density at radius 2 is 2.33 bits per heavy atom. The highest BCUT2D eigenvalue weighted by Gasteiger charge is 2.05. The number of ether oxygens (including phenoxy) is 1. The molecular formula is C12H22N2O. The lowest BCUT2D eigenvalue weighted by molar-refractivity contribution is 0.196. The summed E-state index contributed by atoms with van der Waals surface area (Å²) in [6.45, 7) is 7.14. The van der Waals surface area contributed by atoms with Crippen molar-refractivity contribution in [2.24, 2.45) is 0 Å². The molecule has 0 aromatic carbocycles. The van der Waals surface area contributed by atoms with E-state index in [4.69, 9.17) is 4.74 Å². The van der Waals surface area contributed by atoms with E-state index in [-0.39, 0.29) is 0 Å². The molecule has 3 nitrogen and oxygen atoms in total. The van der Waals surface area contributed by atoms with Crippen molar-refractivity contribution in [1.82, 2.24) is 9.88 Å².